The highest BCUT2D eigenvalue weighted by atomic mass is 32.2. The number of carbonyl (C=O) groups excluding carboxylic acids is 1. The first-order chi connectivity index (χ1) is 12.7. The molecule has 1 aliphatic rings. The molecular formula is C17H20N4O5S. The lowest BCUT2D eigenvalue weighted by Gasteiger charge is -2.14. The van der Waals surface area contributed by atoms with Gasteiger partial charge in [-0.25, -0.2) is 13.2 Å². The Hall–Kier alpha value is -2.72. The number of aromatic nitrogens is 2. The molecule has 0 radical (unpaired) electrons. The van der Waals surface area contributed by atoms with E-state index in [1.807, 2.05) is 4.83 Å². The Kier molecular flexibility index (Phi) is 5.03. The van der Waals surface area contributed by atoms with Crippen molar-refractivity contribution in [3.8, 4) is 0 Å². The number of carboxylic acids is 1. The SMILES string of the molecule is Cc1cc(C(=O)O)cc(S(=O)(=O)NNC(=O)c2n[nH]c3c2CCCC3)c1C. The maximum absolute atomic E-state index is 12.6. The van der Waals surface area contributed by atoms with Crippen molar-refractivity contribution < 1.29 is 23.1 Å². The zero-order valence-corrected chi connectivity index (χ0v) is 15.7. The van der Waals surface area contributed by atoms with E-state index in [1.54, 1.807) is 13.8 Å². The van der Waals surface area contributed by atoms with Crippen LogP contribution in [0.25, 0.3) is 0 Å². The summed E-state index contributed by atoms with van der Waals surface area (Å²) in [5.74, 6) is -1.90. The fraction of sp³-hybridized carbons (Fsp3) is 0.353. The number of hydrogen-bond acceptors (Lipinski definition) is 5. The summed E-state index contributed by atoms with van der Waals surface area (Å²) in [5, 5.41) is 16.0. The van der Waals surface area contributed by atoms with E-state index in [1.165, 1.54) is 6.07 Å². The highest BCUT2D eigenvalue weighted by Gasteiger charge is 2.25. The summed E-state index contributed by atoms with van der Waals surface area (Å²) in [6.07, 6.45) is 3.47. The minimum absolute atomic E-state index is 0.147. The van der Waals surface area contributed by atoms with Crippen LogP contribution >= 0.6 is 0 Å². The number of nitrogens with zero attached hydrogens (tertiary/aromatic N) is 1. The van der Waals surface area contributed by atoms with Gasteiger partial charge in [0.25, 0.3) is 15.9 Å². The van der Waals surface area contributed by atoms with Gasteiger partial charge in [-0.2, -0.15) is 5.10 Å². The van der Waals surface area contributed by atoms with Gasteiger partial charge in [0.1, 0.15) is 0 Å². The van der Waals surface area contributed by atoms with Gasteiger partial charge in [0.05, 0.1) is 10.5 Å². The molecule has 2 aromatic rings. The molecule has 0 bridgehead atoms. The van der Waals surface area contributed by atoms with Crippen LogP contribution in [0.3, 0.4) is 0 Å². The lowest BCUT2D eigenvalue weighted by molar-refractivity contribution is 0.0696. The summed E-state index contributed by atoms with van der Waals surface area (Å²) >= 11 is 0. The number of fused-ring (bicyclic) bond motifs is 1. The Labute approximate surface area is 156 Å². The second kappa shape index (κ2) is 7.12. The van der Waals surface area contributed by atoms with Crippen molar-refractivity contribution in [1.82, 2.24) is 20.5 Å². The van der Waals surface area contributed by atoms with Crippen LogP contribution < -0.4 is 10.3 Å². The van der Waals surface area contributed by atoms with E-state index in [9.17, 15) is 18.0 Å². The minimum atomic E-state index is -4.16. The van der Waals surface area contributed by atoms with Crippen LogP contribution in [0.15, 0.2) is 17.0 Å². The largest absolute Gasteiger partial charge is 0.478 e. The molecule has 0 saturated carbocycles. The standard InChI is InChI=1S/C17H20N4O5S/c1-9-7-11(17(23)24)8-14(10(9)2)27(25,26)21-20-16(22)15-12-5-3-4-6-13(12)18-19-15/h7-8,21H,3-6H2,1-2H3,(H,18,19)(H,20,22)(H,23,24). The molecule has 0 spiro atoms. The average molecular weight is 392 g/mol. The summed E-state index contributed by atoms with van der Waals surface area (Å²) in [5.41, 5.74) is 4.80. The summed E-state index contributed by atoms with van der Waals surface area (Å²) in [4.78, 5) is 25.4. The Morgan fingerprint density at radius 1 is 1.19 bits per heavy atom. The lowest BCUT2D eigenvalue weighted by Crippen LogP contribution is -2.42. The first kappa shape index (κ1) is 19.1. The molecule has 144 valence electrons. The zero-order chi connectivity index (χ0) is 19.8. The molecule has 1 aliphatic carbocycles. The molecule has 0 unspecified atom stereocenters. The Morgan fingerprint density at radius 3 is 2.59 bits per heavy atom. The average Bonchev–Trinajstić information content (AvgIpc) is 3.05. The minimum Gasteiger partial charge on any atom is -0.478 e. The Bertz CT molecular complexity index is 1030. The number of carboxylic acid groups (broad SMARTS) is 1. The normalized spacial score (nSPS) is 13.9. The molecule has 4 N–H and O–H groups in total. The summed E-state index contributed by atoms with van der Waals surface area (Å²) in [6, 6.07) is 2.46. The molecule has 1 aromatic carbocycles. The molecule has 9 nitrogen and oxygen atoms in total. The van der Waals surface area contributed by atoms with Crippen molar-refractivity contribution in [2.24, 2.45) is 0 Å². The van der Waals surface area contributed by atoms with Gasteiger partial charge in [-0.05, 0) is 62.8 Å². The number of aryl methyl sites for hydroxylation is 2. The number of hydrogen-bond donors (Lipinski definition) is 4. The molecule has 0 fully saturated rings. The molecule has 0 aliphatic heterocycles. The van der Waals surface area contributed by atoms with Crippen LogP contribution in [-0.4, -0.2) is 35.6 Å². The van der Waals surface area contributed by atoms with Crippen molar-refractivity contribution in [3.05, 3.63) is 45.8 Å². The van der Waals surface area contributed by atoms with Gasteiger partial charge >= 0.3 is 5.97 Å². The highest BCUT2D eigenvalue weighted by Crippen LogP contribution is 2.23. The third kappa shape index (κ3) is 3.71. The summed E-state index contributed by atoms with van der Waals surface area (Å²) in [7, 11) is -4.16. The number of hydrazine groups is 1. The van der Waals surface area contributed by atoms with Crippen molar-refractivity contribution in [1.29, 1.82) is 0 Å². The first-order valence-electron chi connectivity index (χ1n) is 8.43. The van der Waals surface area contributed by atoms with Crippen LogP contribution in [0.2, 0.25) is 0 Å². The summed E-state index contributed by atoms with van der Waals surface area (Å²) < 4.78 is 25.2. The number of benzene rings is 1. The zero-order valence-electron chi connectivity index (χ0n) is 14.9. The fourth-order valence-corrected chi connectivity index (χ4v) is 4.31. The quantitative estimate of drug-likeness (QED) is 0.564. The number of H-pyrrole nitrogens is 1. The lowest BCUT2D eigenvalue weighted by atomic mass is 9.96. The number of carbonyl (C=O) groups is 2. The monoisotopic (exact) mass is 392 g/mol. The Morgan fingerprint density at radius 2 is 1.89 bits per heavy atom. The highest BCUT2D eigenvalue weighted by molar-refractivity contribution is 7.89. The van der Waals surface area contributed by atoms with Crippen molar-refractivity contribution in [2.45, 2.75) is 44.4 Å². The van der Waals surface area contributed by atoms with E-state index in [4.69, 9.17) is 5.11 Å². The van der Waals surface area contributed by atoms with Crippen LogP contribution in [0.1, 0.15) is 56.1 Å². The van der Waals surface area contributed by atoms with E-state index in [0.717, 1.165) is 36.6 Å². The predicted octanol–water partition coefficient (Wildman–Crippen LogP) is 1.23. The smallest absolute Gasteiger partial charge is 0.335 e. The van der Waals surface area contributed by atoms with Gasteiger partial charge in [-0.1, -0.05) is 0 Å². The topological polar surface area (TPSA) is 141 Å². The van der Waals surface area contributed by atoms with E-state index < -0.39 is 21.9 Å². The van der Waals surface area contributed by atoms with Gasteiger partial charge in [-0.3, -0.25) is 15.3 Å². The molecule has 0 atom stereocenters. The second-order valence-corrected chi connectivity index (χ2v) is 8.17. The number of rotatable bonds is 5. The number of aromatic carboxylic acids is 1. The second-order valence-electron chi connectivity index (χ2n) is 6.52. The van der Waals surface area contributed by atoms with E-state index in [2.05, 4.69) is 15.6 Å². The van der Waals surface area contributed by atoms with E-state index >= 15 is 0 Å². The molecular weight excluding hydrogens is 372 g/mol. The van der Waals surface area contributed by atoms with Gasteiger partial charge in [0.15, 0.2) is 5.69 Å². The van der Waals surface area contributed by atoms with Gasteiger partial charge < -0.3 is 5.11 Å². The molecule has 27 heavy (non-hydrogen) atoms. The number of aromatic amines is 1. The third-order valence-electron chi connectivity index (χ3n) is 4.73. The van der Waals surface area contributed by atoms with E-state index in [-0.39, 0.29) is 16.2 Å². The predicted molar refractivity (Wildman–Crippen MR) is 95.9 cm³/mol. The Balaban J connectivity index is 1.82. The van der Waals surface area contributed by atoms with Gasteiger partial charge in [0, 0.05) is 11.3 Å². The summed E-state index contributed by atoms with van der Waals surface area (Å²) in [6.45, 7) is 3.19. The van der Waals surface area contributed by atoms with Crippen molar-refractivity contribution in [2.75, 3.05) is 0 Å². The molecule has 1 aromatic heterocycles. The maximum atomic E-state index is 12.6. The van der Waals surface area contributed by atoms with Crippen LogP contribution in [0.5, 0.6) is 0 Å². The van der Waals surface area contributed by atoms with Gasteiger partial charge in [0.2, 0.25) is 0 Å². The maximum Gasteiger partial charge on any atom is 0.335 e. The number of nitrogens with one attached hydrogen (secondary N) is 3. The molecule has 1 heterocycles. The van der Waals surface area contributed by atoms with Crippen molar-refractivity contribution >= 4 is 21.9 Å². The molecule has 0 saturated heterocycles. The first-order valence-corrected chi connectivity index (χ1v) is 9.92. The molecule has 1 amide bonds. The van der Waals surface area contributed by atoms with E-state index in [0.29, 0.717) is 17.5 Å². The molecule has 3 rings (SSSR count). The number of amides is 1. The van der Waals surface area contributed by atoms with Crippen LogP contribution in [0.4, 0.5) is 0 Å². The number of sulfonamides is 1. The molecule has 10 heteroatoms. The van der Waals surface area contributed by atoms with Gasteiger partial charge in [-0.15, -0.1) is 4.83 Å². The van der Waals surface area contributed by atoms with Crippen molar-refractivity contribution in [3.63, 3.8) is 0 Å². The van der Waals surface area contributed by atoms with Crippen LogP contribution in [-0.2, 0) is 22.9 Å². The third-order valence-corrected chi connectivity index (χ3v) is 6.10. The van der Waals surface area contributed by atoms with Crippen LogP contribution in [0, 0.1) is 13.8 Å². The fourth-order valence-electron chi connectivity index (χ4n) is 3.13.